The van der Waals surface area contributed by atoms with Crippen molar-refractivity contribution in [3.8, 4) is 0 Å². The molecule has 1 saturated carbocycles. The molecule has 2 fully saturated rings. The number of rotatable bonds is 3. The van der Waals surface area contributed by atoms with Gasteiger partial charge in [-0.3, -0.25) is 4.90 Å². The summed E-state index contributed by atoms with van der Waals surface area (Å²) in [7, 11) is 0. The van der Waals surface area contributed by atoms with E-state index in [0.29, 0.717) is 5.54 Å². The predicted molar refractivity (Wildman–Crippen MR) is 89.5 cm³/mol. The maximum absolute atomic E-state index is 3.86. The molecule has 0 amide bonds. The van der Waals surface area contributed by atoms with Crippen molar-refractivity contribution in [3.05, 3.63) is 35.4 Å². The molecule has 2 aliphatic rings. The maximum Gasteiger partial charge on any atom is 0.0338 e. The van der Waals surface area contributed by atoms with Crippen LogP contribution >= 0.6 is 0 Å². The topological polar surface area (TPSA) is 15.3 Å². The van der Waals surface area contributed by atoms with E-state index in [4.69, 9.17) is 0 Å². The van der Waals surface area contributed by atoms with E-state index >= 15 is 0 Å². The van der Waals surface area contributed by atoms with Crippen molar-refractivity contribution >= 4 is 0 Å². The van der Waals surface area contributed by atoms with E-state index in [1.807, 2.05) is 0 Å². The molecular weight excluding hydrogens is 256 g/mol. The highest BCUT2D eigenvalue weighted by Gasteiger charge is 2.46. The highest BCUT2D eigenvalue weighted by atomic mass is 15.3. The highest BCUT2D eigenvalue weighted by Crippen LogP contribution is 2.39. The molecular formula is C19H30N2. The largest absolute Gasteiger partial charge is 0.308 e. The zero-order chi connectivity index (χ0) is 14.9. The Morgan fingerprint density at radius 1 is 1.24 bits per heavy atom. The molecule has 1 aliphatic carbocycles. The summed E-state index contributed by atoms with van der Waals surface area (Å²) in [4.78, 5) is 2.80. The minimum atomic E-state index is 0.275. The predicted octanol–water partition coefficient (Wildman–Crippen LogP) is 3.88. The van der Waals surface area contributed by atoms with E-state index in [-0.39, 0.29) is 5.54 Å². The summed E-state index contributed by atoms with van der Waals surface area (Å²) in [6.07, 6.45) is 6.73. The number of benzene rings is 1. The van der Waals surface area contributed by atoms with E-state index in [1.165, 1.54) is 56.3 Å². The lowest BCUT2D eigenvalue weighted by Gasteiger charge is -2.52. The minimum absolute atomic E-state index is 0.275. The first-order chi connectivity index (χ1) is 10.1. The van der Waals surface area contributed by atoms with Gasteiger partial charge in [0.05, 0.1) is 0 Å². The van der Waals surface area contributed by atoms with Gasteiger partial charge in [0.25, 0.3) is 0 Å². The fourth-order valence-electron chi connectivity index (χ4n) is 4.15. The lowest BCUT2D eigenvalue weighted by molar-refractivity contribution is 0.00532. The van der Waals surface area contributed by atoms with Crippen LogP contribution in [-0.2, 0) is 6.54 Å². The lowest BCUT2D eigenvalue weighted by atomic mass is 9.84. The first-order valence-electron chi connectivity index (χ1n) is 8.61. The molecule has 116 valence electrons. The number of hydrogen-bond acceptors (Lipinski definition) is 2. The van der Waals surface area contributed by atoms with Crippen molar-refractivity contribution in [2.24, 2.45) is 0 Å². The zero-order valence-corrected chi connectivity index (χ0v) is 13.9. The highest BCUT2D eigenvalue weighted by molar-refractivity contribution is 5.23. The van der Waals surface area contributed by atoms with E-state index in [9.17, 15) is 0 Å². The third-order valence-electron chi connectivity index (χ3n) is 5.83. The Morgan fingerprint density at radius 3 is 2.67 bits per heavy atom. The van der Waals surface area contributed by atoms with Crippen LogP contribution in [0.4, 0.5) is 0 Å². The smallest absolute Gasteiger partial charge is 0.0338 e. The quantitative estimate of drug-likeness (QED) is 0.907. The molecule has 1 saturated heterocycles. The molecule has 3 rings (SSSR count). The molecule has 1 aromatic carbocycles. The fraction of sp³-hybridized carbons (Fsp3) is 0.684. The number of nitrogens with zero attached hydrogens (tertiary/aromatic N) is 1. The second kappa shape index (κ2) is 5.73. The summed E-state index contributed by atoms with van der Waals surface area (Å²) in [6.45, 7) is 10.4. The number of hydrogen-bond donors (Lipinski definition) is 1. The van der Waals surface area contributed by atoms with Crippen molar-refractivity contribution in [2.45, 2.75) is 70.5 Å². The van der Waals surface area contributed by atoms with Gasteiger partial charge < -0.3 is 5.32 Å². The first kappa shape index (κ1) is 15.1. The summed E-state index contributed by atoms with van der Waals surface area (Å²) in [5.74, 6) is 0. The molecule has 0 radical (unpaired) electrons. The summed E-state index contributed by atoms with van der Waals surface area (Å²) in [6, 6.07) is 9.05. The van der Waals surface area contributed by atoms with Crippen LogP contribution in [0.2, 0.25) is 0 Å². The standard InChI is InChI=1S/C19H30N2/c1-4-18(3)15-21(13-17-9-7-8-16(2)12-17)19(14-20-18)10-5-6-11-19/h7-9,12,20H,4-6,10-11,13-15H2,1-3H3. The molecule has 1 aliphatic heterocycles. The molecule has 0 aromatic heterocycles. The summed E-state index contributed by atoms with van der Waals surface area (Å²) >= 11 is 0. The zero-order valence-electron chi connectivity index (χ0n) is 13.9. The third-order valence-corrected chi connectivity index (χ3v) is 5.83. The summed E-state index contributed by atoms with van der Waals surface area (Å²) in [5.41, 5.74) is 3.54. The van der Waals surface area contributed by atoms with Gasteiger partial charge in [-0.15, -0.1) is 0 Å². The maximum atomic E-state index is 3.86. The van der Waals surface area contributed by atoms with Gasteiger partial charge in [0.1, 0.15) is 0 Å². The van der Waals surface area contributed by atoms with Gasteiger partial charge in [0.2, 0.25) is 0 Å². The van der Waals surface area contributed by atoms with Gasteiger partial charge in [0.15, 0.2) is 0 Å². The Labute approximate surface area is 129 Å². The fourth-order valence-corrected chi connectivity index (χ4v) is 4.15. The van der Waals surface area contributed by atoms with E-state index in [1.54, 1.807) is 0 Å². The second-order valence-corrected chi connectivity index (χ2v) is 7.54. The van der Waals surface area contributed by atoms with Crippen molar-refractivity contribution in [1.82, 2.24) is 10.2 Å². The van der Waals surface area contributed by atoms with Crippen LogP contribution in [0.25, 0.3) is 0 Å². The number of nitrogens with one attached hydrogen (secondary N) is 1. The van der Waals surface area contributed by atoms with Crippen molar-refractivity contribution in [1.29, 1.82) is 0 Å². The van der Waals surface area contributed by atoms with Crippen molar-refractivity contribution in [2.75, 3.05) is 13.1 Å². The lowest BCUT2D eigenvalue weighted by Crippen LogP contribution is -2.67. The molecule has 1 unspecified atom stereocenters. The summed E-state index contributed by atoms with van der Waals surface area (Å²) < 4.78 is 0. The van der Waals surface area contributed by atoms with Crippen molar-refractivity contribution in [3.63, 3.8) is 0 Å². The van der Waals surface area contributed by atoms with Gasteiger partial charge in [-0.1, -0.05) is 49.6 Å². The number of piperazine rings is 1. The third kappa shape index (κ3) is 3.02. The molecule has 0 bridgehead atoms. The van der Waals surface area contributed by atoms with Gasteiger partial charge in [-0.05, 0) is 38.7 Å². The van der Waals surface area contributed by atoms with E-state index in [2.05, 4.69) is 55.3 Å². The van der Waals surface area contributed by atoms with Crippen LogP contribution in [0.15, 0.2) is 24.3 Å². The molecule has 1 atom stereocenters. The van der Waals surface area contributed by atoms with Crippen LogP contribution in [0.5, 0.6) is 0 Å². The SMILES string of the molecule is CCC1(C)CN(Cc2cccc(C)c2)C2(CCCC2)CN1. The Hall–Kier alpha value is -0.860. The monoisotopic (exact) mass is 286 g/mol. The average Bonchev–Trinajstić information content (AvgIpc) is 2.94. The van der Waals surface area contributed by atoms with Crippen LogP contribution in [0.1, 0.15) is 57.1 Å². The van der Waals surface area contributed by atoms with Gasteiger partial charge >= 0.3 is 0 Å². The molecule has 1 spiro atoms. The van der Waals surface area contributed by atoms with Crippen LogP contribution in [-0.4, -0.2) is 29.1 Å². The molecule has 2 heteroatoms. The van der Waals surface area contributed by atoms with E-state index < -0.39 is 0 Å². The Balaban J connectivity index is 1.83. The van der Waals surface area contributed by atoms with Crippen molar-refractivity contribution < 1.29 is 0 Å². The molecule has 2 nitrogen and oxygen atoms in total. The molecule has 1 N–H and O–H groups in total. The van der Waals surface area contributed by atoms with Gasteiger partial charge in [0, 0.05) is 30.7 Å². The number of aryl methyl sites for hydroxylation is 1. The molecule has 21 heavy (non-hydrogen) atoms. The van der Waals surface area contributed by atoms with Crippen LogP contribution in [0.3, 0.4) is 0 Å². The molecule has 1 aromatic rings. The first-order valence-corrected chi connectivity index (χ1v) is 8.61. The molecule has 1 heterocycles. The van der Waals surface area contributed by atoms with Crippen LogP contribution < -0.4 is 5.32 Å². The Bertz CT molecular complexity index is 490. The Kier molecular flexibility index (Phi) is 4.11. The normalized spacial score (nSPS) is 29.1. The average molecular weight is 286 g/mol. The Morgan fingerprint density at radius 2 is 2.00 bits per heavy atom. The minimum Gasteiger partial charge on any atom is -0.308 e. The second-order valence-electron chi connectivity index (χ2n) is 7.54. The van der Waals surface area contributed by atoms with Crippen LogP contribution in [0, 0.1) is 6.92 Å². The van der Waals surface area contributed by atoms with Gasteiger partial charge in [-0.2, -0.15) is 0 Å². The van der Waals surface area contributed by atoms with E-state index in [0.717, 1.165) is 6.54 Å². The van der Waals surface area contributed by atoms with Gasteiger partial charge in [-0.25, -0.2) is 0 Å². The summed E-state index contributed by atoms with van der Waals surface area (Å²) in [5, 5.41) is 3.86.